The molecule has 0 unspecified atom stereocenters. The van der Waals surface area contributed by atoms with Crippen LogP contribution in [0.5, 0.6) is 0 Å². The Labute approximate surface area is 149 Å². The number of hydrogen-bond acceptors (Lipinski definition) is 7. The van der Waals surface area contributed by atoms with Crippen molar-refractivity contribution in [1.29, 1.82) is 0 Å². The van der Waals surface area contributed by atoms with Gasteiger partial charge in [-0.2, -0.15) is 0 Å². The van der Waals surface area contributed by atoms with Gasteiger partial charge in [0.25, 0.3) is 17.1 Å². The van der Waals surface area contributed by atoms with Crippen molar-refractivity contribution in [2.75, 3.05) is 5.32 Å². The number of hydrogen-bond donors (Lipinski definition) is 1. The van der Waals surface area contributed by atoms with Crippen molar-refractivity contribution in [2.45, 2.75) is 6.42 Å². The van der Waals surface area contributed by atoms with Gasteiger partial charge in [-0.15, -0.1) is 0 Å². The van der Waals surface area contributed by atoms with Crippen LogP contribution in [0.4, 0.5) is 22.7 Å². The second-order valence-electron chi connectivity index (χ2n) is 4.97. The van der Waals surface area contributed by atoms with Crippen molar-refractivity contribution in [3.63, 3.8) is 0 Å². The molecule has 2 rings (SSSR count). The normalized spacial score (nSPS) is 10.2. The fourth-order valence-corrected chi connectivity index (χ4v) is 2.29. The molecule has 26 heavy (non-hydrogen) atoms. The molecule has 0 radical (unpaired) electrons. The van der Waals surface area contributed by atoms with E-state index in [4.69, 9.17) is 11.6 Å². The highest BCUT2D eigenvalue weighted by atomic mass is 35.5. The molecule has 1 N–H and O–H groups in total. The smallest absolute Gasteiger partial charge is 0.279 e. The van der Waals surface area contributed by atoms with Crippen LogP contribution < -0.4 is 5.32 Å². The number of non-ortho nitro benzene ring substituents is 2. The summed E-state index contributed by atoms with van der Waals surface area (Å²) in [6, 6.07) is 6.34. The molecule has 0 heterocycles. The number of nitro benzene ring substituents is 3. The van der Waals surface area contributed by atoms with Crippen molar-refractivity contribution in [2.24, 2.45) is 0 Å². The molecule has 0 spiro atoms. The van der Waals surface area contributed by atoms with Gasteiger partial charge in [-0.1, -0.05) is 11.6 Å². The van der Waals surface area contributed by atoms with Crippen molar-refractivity contribution in [3.8, 4) is 0 Å². The monoisotopic (exact) mass is 380 g/mol. The Morgan fingerprint density at radius 3 is 2.04 bits per heavy atom. The second kappa shape index (κ2) is 7.53. The van der Waals surface area contributed by atoms with Crippen LogP contribution >= 0.6 is 11.6 Å². The van der Waals surface area contributed by atoms with Gasteiger partial charge >= 0.3 is 0 Å². The lowest BCUT2D eigenvalue weighted by Gasteiger charge is -2.07. The van der Waals surface area contributed by atoms with Gasteiger partial charge in [-0.25, -0.2) is 0 Å². The number of nitro groups is 3. The Balaban J connectivity index is 2.21. The fraction of sp³-hybridized carbons (Fsp3) is 0.0714. The molecule has 0 bridgehead atoms. The van der Waals surface area contributed by atoms with Crippen molar-refractivity contribution < 1.29 is 19.6 Å². The van der Waals surface area contributed by atoms with Crippen LogP contribution in [0.25, 0.3) is 0 Å². The SMILES string of the molecule is O=C(Cc1ccc([N+](=O)[O-])cc1[N+](=O)[O-])Nc1ccc([N+](=O)[O-])cc1Cl. The van der Waals surface area contributed by atoms with Crippen LogP contribution in [0.3, 0.4) is 0 Å². The van der Waals surface area contributed by atoms with Gasteiger partial charge in [0.15, 0.2) is 0 Å². The number of anilines is 1. The van der Waals surface area contributed by atoms with Gasteiger partial charge in [0.1, 0.15) is 0 Å². The molecule has 0 aliphatic heterocycles. The molecule has 134 valence electrons. The minimum Gasteiger partial charge on any atom is -0.324 e. The number of nitrogens with zero attached hydrogens (tertiary/aromatic N) is 3. The average Bonchev–Trinajstić information content (AvgIpc) is 2.56. The summed E-state index contributed by atoms with van der Waals surface area (Å²) in [4.78, 5) is 42.2. The van der Waals surface area contributed by atoms with Crippen LogP contribution in [0, 0.1) is 30.3 Å². The van der Waals surface area contributed by atoms with E-state index >= 15 is 0 Å². The maximum atomic E-state index is 12.1. The first-order valence-electron chi connectivity index (χ1n) is 6.84. The molecule has 12 heteroatoms. The van der Waals surface area contributed by atoms with E-state index in [0.29, 0.717) is 0 Å². The molecule has 0 atom stereocenters. The summed E-state index contributed by atoms with van der Waals surface area (Å²) in [6.07, 6.45) is -0.443. The lowest BCUT2D eigenvalue weighted by Crippen LogP contribution is -2.15. The van der Waals surface area contributed by atoms with Gasteiger partial charge in [-0.3, -0.25) is 35.1 Å². The molecule has 11 nitrogen and oxygen atoms in total. The first-order valence-corrected chi connectivity index (χ1v) is 7.22. The highest BCUT2D eigenvalue weighted by Gasteiger charge is 2.21. The van der Waals surface area contributed by atoms with E-state index in [1.54, 1.807) is 0 Å². The van der Waals surface area contributed by atoms with E-state index in [-0.39, 0.29) is 22.0 Å². The van der Waals surface area contributed by atoms with E-state index in [1.807, 2.05) is 0 Å². The van der Waals surface area contributed by atoms with E-state index in [1.165, 1.54) is 6.07 Å². The number of halogens is 1. The van der Waals surface area contributed by atoms with Gasteiger partial charge in [-0.05, 0) is 12.1 Å². The Morgan fingerprint density at radius 1 is 0.923 bits per heavy atom. The summed E-state index contributed by atoms with van der Waals surface area (Å²) in [5.41, 5.74) is -1.25. The molecule has 2 aromatic carbocycles. The second-order valence-corrected chi connectivity index (χ2v) is 5.38. The Bertz CT molecular complexity index is 932. The summed E-state index contributed by atoms with van der Waals surface area (Å²) in [7, 11) is 0. The van der Waals surface area contributed by atoms with Crippen LogP contribution in [0.2, 0.25) is 5.02 Å². The summed E-state index contributed by atoms with van der Waals surface area (Å²) in [5, 5.41) is 34.7. The molecule has 0 aliphatic carbocycles. The van der Waals surface area contributed by atoms with Crippen molar-refractivity contribution in [3.05, 3.63) is 77.3 Å². The summed E-state index contributed by atoms with van der Waals surface area (Å²) in [6.45, 7) is 0. The zero-order chi connectivity index (χ0) is 19.4. The predicted octanol–water partition coefficient (Wildman–Crippen LogP) is 3.25. The predicted molar refractivity (Wildman–Crippen MR) is 90.2 cm³/mol. The van der Waals surface area contributed by atoms with Crippen LogP contribution in [0.1, 0.15) is 5.56 Å². The highest BCUT2D eigenvalue weighted by molar-refractivity contribution is 6.34. The summed E-state index contributed by atoms with van der Waals surface area (Å²) < 4.78 is 0. The third-order valence-corrected chi connectivity index (χ3v) is 3.58. The van der Waals surface area contributed by atoms with Crippen LogP contribution in [-0.4, -0.2) is 20.7 Å². The maximum absolute atomic E-state index is 12.1. The Kier molecular flexibility index (Phi) is 5.42. The molecule has 0 aliphatic rings. The quantitative estimate of drug-likeness (QED) is 0.594. The molecular weight excluding hydrogens is 372 g/mol. The third kappa shape index (κ3) is 4.27. The molecule has 0 saturated heterocycles. The standard InChI is InChI=1S/C14H9ClN4O7/c15-11-6-9(17(21)22)3-4-12(11)16-14(20)5-8-1-2-10(18(23)24)7-13(8)19(25)26/h1-4,6-7H,5H2,(H,16,20). The number of benzene rings is 2. The number of amides is 1. The zero-order valence-corrected chi connectivity index (χ0v) is 13.5. The minimum atomic E-state index is -0.825. The summed E-state index contributed by atoms with van der Waals surface area (Å²) >= 11 is 5.86. The topological polar surface area (TPSA) is 159 Å². The van der Waals surface area contributed by atoms with E-state index in [9.17, 15) is 35.1 Å². The highest BCUT2D eigenvalue weighted by Crippen LogP contribution is 2.28. The minimum absolute atomic E-state index is 0.0314. The van der Waals surface area contributed by atoms with E-state index in [0.717, 1.165) is 30.3 Å². The van der Waals surface area contributed by atoms with E-state index in [2.05, 4.69) is 5.32 Å². The fourth-order valence-electron chi connectivity index (χ4n) is 2.07. The number of nitrogens with one attached hydrogen (secondary N) is 1. The third-order valence-electron chi connectivity index (χ3n) is 3.26. The number of rotatable bonds is 6. The van der Waals surface area contributed by atoms with Crippen LogP contribution in [-0.2, 0) is 11.2 Å². The summed E-state index contributed by atoms with van der Waals surface area (Å²) in [5.74, 6) is -0.683. The zero-order valence-electron chi connectivity index (χ0n) is 12.7. The first kappa shape index (κ1) is 18.7. The van der Waals surface area contributed by atoms with Gasteiger partial charge in [0.05, 0.1) is 38.0 Å². The molecule has 2 aromatic rings. The lowest BCUT2D eigenvalue weighted by molar-refractivity contribution is -0.394. The van der Waals surface area contributed by atoms with Gasteiger partial charge in [0.2, 0.25) is 5.91 Å². The van der Waals surface area contributed by atoms with Crippen LogP contribution in [0.15, 0.2) is 36.4 Å². The molecule has 0 fully saturated rings. The first-order chi connectivity index (χ1) is 12.2. The van der Waals surface area contributed by atoms with Crippen molar-refractivity contribution >= 4 is 40.3 Å². The number of carbonyl (C=O) groups excluding carboxylic acids is 1. The Morgan fingerprint density at radius 2 is 1.50 bits per heavy atom. The molecular formula is C14H9ClN4O7. The van der Waals surface area contributed by atoms with Crippen molar-refractivity contribution in [1.82, 2.24) is 0 Å². The molecule has 1 amide bonds. The van der Waals surface area contributed by atoms with E-state index < -0.39 is 38.5 Å². The molecule has 0 saturated carbocycles. The van der Waals surface area contributed by atoms with Gasteiger partial charge < -0.3 is 5.32 Å². The van der Waals surface area contributed by atoms with Gasteiger partial charge in [0, 0.05) is 23.8 Å². The largest absolute Gasteiger partial charge is 0.324 e. The maximum Gasteiger partial charge on any atom is 0.279 e. The average molecular weight is 381 g/mol. The number of carbonyl (C=O) groups is 1. The lowest BCUT2D eigenvalue weighted by atomic mass is 10.1. The molecule has 0 aromatic heterocycles. The Hall–Kier alpha value is -3.60.